The number of nitrogens with zero attached hydrogens (tertiary/aromatic N) is 2. The number of piperidine rings is 1. The van der Waals surface area contributed by atoms with Gasteiger partial charge in [0.25, 0.3) is 5.91 Å². The summed E-state index contributed by atoms with van der Waals surface area (Å²) < 4.78 is 0. The molecule has 3 aromatic rings. The van der Waals surface area contributed by atoms with E-state index in [1.54, 1.807) is 12.1 Å². The first-order valence-electron chi connectivity index (χ1n) is 9.06. The van der Waals surface area contributed by atoms with Crippen molar-refractivity contribution in [2.24, 2.45) is 0 Å². The zero-order valence-corrected chi connectivity index (χ0v) is 15.6. The first-order valence-corrected chi connectivity index (χ1v) is 9.44. The van der Waals surface area contributed by atoms with Crippen LogP contribution in [0.25, 0.3) is 10.9 Å². The second-order valence-electron chi connectivity index (χ2n) is 6.81. The lowest BCUT2D eigenvalue weighted by Crippen LogP contribution is -2.45. The first kappa shape index (κ1) is 17.9. The summed E-state index contributed by atoms with van der Waals surface area (Å²) in [5, 5.41) is 4.90. The van der Waals surface area contributed by atoms with Gasteiger partial charge in [0.2, 0.25) is 0 Å². The Morgan fingerprint density at radius 3 is 2.70 bits per heavy atom. The average molecular weight is 376 g/mol. The molecular weight excluding hydrogens is 357 g/mol. The van der Waals surface area contributed by atoms with Crippen molar-refractivity contribution in [3.05, 3.63) is 65.3 Å². The van der Waals surface area contributed by atoms with Crippen molar-refractivity contribution >= 4 is 47.4 Å². The van der Waals surface area contributed by atoms with Crippen molar-refractivity contribution in [2.45, 2.75) is 18.9 Å². The summed E-state index contributed by atoms with van der Waals surface area (Å²) in [4.78, 5) is 19.2. The summed E-state index contributed by atoms with van der Waals surface area (Å²) in [6.45, 7) is 1.74. The largest absolute Gasteiger partial charge is 0.371 e. The van der Waals surface area contributed by atoms with Crippen LogP contribution in [0.1, 0.15) is 23.2 Å². The van der Waals surface area contributed by atoms with Gasteiger partial charge in [0.15, 0.2) is 0 Å². The normalized spacial score (nSPS) is 15.1. The monoisotopic (exact) mass is 375 g/mol. The molecule has 0 atom stereocenters. The molecule has 0 saturated carbocycles. The van der Waals surface area contributed by atoms with Gasteiger partial charge in [-0.1, -0.05) is 41.3 Å². The van der Waals surface area contributed by atoms with E-state index < -0.39 is 0 Å². The van der Waals surface area contributed by atoms with Gasteiger partial charge in [-0.15, -0.1) is 0 Å². The highest BCUT2D eigenvalue weighted by molar-refractivity contribution is 6.36. The molecule has 1 aromatic heterocycles. The Hall–Kier alpha value is -2.53. The Morgan fingerprint density at radius 2 is 1.93 bits per heavy atom. The van der Waals surface area contributed by atoms with Crippen LogP contribution in [0.4, 0.5) is 5.69 Å². The molecule has 0 spiro atoms. The lowest BCUT2D eigenvalue weighted by Gasteiger charge is -2.34. The fourth-order valence-electron chi connectivity index (χ4n) is 3.61. The van der Waals surface area contributed by atoms with Crippen molar-refractivity contribution < 1.29 is 4.79 Å². The standard InChI is InChI=1S/C21H19BClN3O/c22-18-4-2-1-3-16(18)21(27)25-15-8-11-26(12-9-15)20-7-10-24-19-13-14(23)5-6-17(19)20/h1-7,10,13,15H,8-9,11-12H2,(H,25,27). The van der Waals surface area contributed by atoms with Gasteiger partial charge in [0.1, 0.15) is 7.85 Å². The highest BCUT2D eigenvalue weighted by Gasteiger charge is 2.22. The number of anilines is 1. The number of hydrogen-bond acceptors (Lipinski definition) is 3. The van der Waals surface area contributed by atoms with E-state index in [9.17, 15) is 4.79 Å². The van der Waals surface area contributed by atoms with Crippen molar-refractivity contribution in [1.82, 2.24) is 10.3 Å². The third kappa shape index (κ3) is 3.79. The number of pyridine rings is 1. The minimum absolute atomic E-state index is 0.101. The van der Waals surface area contributed by atoms with E-state index in [1.165, 1.54) is 0 Å². The molecule has 1 fully saturated rings. The van der Waals surface area contributed by atoms with Gasteiger partial charge < -0.3 is 10.2 Å². The molecule has 1 aliphatic heterocycles. The SMILES string of the molecule is [B]c1ccccc1C(=O)NC1CCN(c2ccnc3cc(Cl)ccc23)CC1. The summed E-state index contributed by atoms with van der Waals surface area (Å²) in [5.41, 5.74) is 3.11. The molecule has 0 aliphatic carbocycles. The minimum atomic E-state index is -0.101. The van der Waals surface area contributed by atoms with Crippen LogP contribution >= 0.6 is 11.6 Å². The Labute approximate surface area is 164 Å². The van der Waals surface area contributed by atoms with Crippen molar-refractivity contribution in [3.8, 4) is 0 Å². The molecule has 134 valence electrons. The summed E-state index contributed by atoms with van der Waals surface area (Å²) in [6, 6.07) is 15.2. The van der Waals surface area contributed by atoms with E-state index in [-0.39, 0.29) is 11.9 Å². The van der Waals surface area contributed by atoms with Crippen molar-refractivity contribution in [1.29, 1.82) is 0 Å². The molecule has 1 saturated heterocycles. The quantitative estimate of drug-likeness (QED) is 0.716. The topological polar surface area (TPSA) is 45.2 Å². The van der Waals surface area contributed by atoms with Crippen LogP contribution in [0.5, 0.6) is 0 Å². The summed E-state index contributed by atoms with van der Waals surface area (Å²) in [6.07, 6.45) is 3.59. The van der Waals surface area contributed by atoms with Crippen LogP contribution in [-0.4, -0.2) is 37.9 Å². The van der Waals surface area contributed by atoms with Crippen LogP contribution < -0.4 is 15.7 Å². The van der Waals surface area contributed by atoms with Gasteiger partial charge in [0.05, 0.1) is 5.52 Å². The maximum Gasteiger partial charge on any atom is 0.250 e. The predicted molar refractivity (Wildman–Crippen MR) is 111 cm³/mol. The summed E-state index contributed by atoms with van der Waals surface area (Å²) in [7, 11) is 5.90. The third-order valence-electron chi connectivity index (χ3n) is 5.06. The number of carbonyl (C=O) groups excluding carboxylic acids is 1. The molecule has 6 heteroatoms. The minimum Gasteiger partial charge on any atom is -0.371 e. The number of rotatable bonds is 3. The van der Waals surface area contributed by atoms with Crippen molar-refractivity contribution in [3.63, 3.8) is 0 Å². The average Bonchev–Trinajstić information content (AvgIpc) is 2.68. The molecule has 0 bridgehead atoms. The number of fused-ring (bicyclic) bond motifs is 1. The highest BCUT2D eigenvalue weighted by Crippen LogP contribution is 2.29. The van der Waals surface area contributed by atoms with Crippen LogP contribution in [-0.2, 0) is 0 Å². The van der Waals surface area contributed by atoms with Crippen molar-refractivity contribution in [2.75, 3.05) is 18.0 Å². The zero-order valence-electron chi connectivity index (χ0n) is 14.9. The lowest BCUT2D eigenvalue weighted by atomic mass is 9.90. The molecule has 4 rings (SSSR count). The van der Waals surface area contributed by atoms with Crippen LogP contribution in [0.2, 0.25) is 5.02 Å². The molecular formula is C21H19BClN3O. The Balaban J connectivity index is 1.44. The number of halogens is 1. The van der Waals surface area contributed by atoms with Gasteiger partial charge in [-0.2, -0.15) is 0 Å². The maximum atomic E-state index is 12.5. The maximum absolute atomic E-state index is 12.5. The van der Waals surface area contributed by atoms with E-state index in [0.717, 1.165) is 42.5 Å². The van der Waals surface area contributed by atoms with Crippen LogP contribution in [0, 0.1) is 0 Å². The summed E-state index contributed by atoms with van der Waals surface area (Å²) >= 11 is 6.08. The van der Waals surface area contributed by atoms with Gasteiger partial charge >= 0.3 is 0 Å². The Kier molecular flexibility index (Phi) is 5.04. The number of amides is 1. The van der Waals surface area contributed by atoms with E-state index in [0.29, 0.717) is 16.0 Å². The highest BCUT2D eigenvalue weighted by atomic mass is 35.5. The summed E-state index contributed by atoms with van der Waals surface area (Å²) in [5.74, 6) is -0.101. The van der Waals surface area contributed by atoms with Crippen LogP contribution in [0.3, 0.4) is 0 Å². The number of aromatic nitrogens is 1. The lowest BCUT2D eigenvalue weighted by molar-refractivity contribution is 0.0932. The molecule has 2 aromatic carbocycles. The second kappa shape index (κ2) is 7.61. The Bertz CT molecular complexity index is 986. The van der Waals surface area contributed by atoms with Gasteiger partial charge in [0, 0.05) is 47.0 Å². The van der Waals surface area contributed by atoms with E-state index in [2.05, 4.69) is 15.2 Å². The van der Waals surface area contributed by atoms with Gasteiger partial charge in [-0.05, 0) is 37.1 Å². The molecule has 1 N–H and O–H groups in total. The fourth-order valence-corrected chi connectivity index (χ4v) is 3.78. The molecule has 0 unspecified atom stereocenters. The fraction of sp³-hybridized carbons (Fsp3) is 0.238. The third-order valence-corrected chi connectivity index (χ3v) is 5.29. The number of hydrogen-bond donors (Lipinski definition) is 1. The number of benzene rings is 2. The molecule has 2 heterocycles. The van der Waals surface area contributed by atoms with Gasteiger partial charge in [-0.3, -0.25) is 9.78 Å². The number of carbonyl (C=O) groups is 1. The van der Waals surface area contributed by atoms with Gasteiger partial charge in [-0.25, -0.2) is 0 Å². The van der Waals surface area contributed by atoms with E-state index >= 15 is 0 Å². The van der Waals surface area contributed by atoms with E-state index in [1.807, 2.05) is 42.6 Å². The molecule has 27 heavy (non-hydrogen) atoms. The Morgan fingerprint density at radius 1 is 1.15 bits per heavy atom. The molecule has 1 aliphatic rings. The molecule has 2 radical (unpaired) electrons. The smallest absolute Gasteiger partial charge is 0.250 e. The number of nitrogens with one attached hydrogen (secondary N) is 1. The van der Waals surface area contributed by atoms with Crippen LogP contribution in [0.15, 0.2) is 54.7 Å². The predicted octanol–water partition coefficient (Wildman–Crippen LogP) is 3.08. The molecule has 4 nitrogen and oxygen atoms in total. The second-order valence-corrected chi connectivity index (χ2v) is 7.25. The first-order chi connectivity index (χ1) is 13.1. The van der Waals surface area contributed by atoms with E-state index in [4.69, 9.17) is 19.4 Å². The molecule has 1 amide bonds. The zero-order chi connectivity index (χ0) is 18.8.